The van der Waals surface area contributed by atoms with Gasteiger partial charge in [-0.05, 0) is 58.0 Å². The van der Waals surface area contributed by atoms with Crippen molar-refractivity contribution in [2.75, 3.05) is 64.2 Å². The summed E-state index contributed by atoms with van der Waals surface area (Å²) in [4.78, 5) is 16.4. The van der Waals surface area contributed by atoms with Crippen LogP contribution in [0, 0.1) is 11.8 Å². The monoisotopic (exact) mass is 347 g/mol. The first-order chi connectivity index (χ1) is 12.0. The van der Waals surface area contributed by atoms with Gasteiger partial charge in [0, 0.05) is 45.9 Å². The molecule has 1 N–H and O–H groups in total. The Hall–Kier alpha value is -1.40. The second-order valence-corrected chi connectivity index (χ2v) is 8.19. The standard InChI is InChI=1S/C19H33N5O/c1-22(2)10-14-9-15(13-25)12-24(11-14)18-16-7-5-6-8-17(16)20-19(21-18)23(3)4/h14-15,25H,5-13H2,1-4H3. The quantitative estimate of drug-likeness (QED) is 0.869. The highest BCUT2D eigenvalue weighted by molar-refractivity contribution is 5.54. The van der Waals surface area contributed by atoms with E-state index >= 15 is 0 Å². The Labute approximate surface area is 151 Å². The van der Waals surface area contributed by atoms with Crippen LogP contribution < -0.4 is 9.80 Å². The Morgan fingerprint density at radius 3 is 2.44 bits per heavy atom. The third-order valence-corrected chi connectivity index (χ3v) is 5.35. The highest BCUT2D eigenvalue weighted by Crippen LogP contribution is 2.33. The van der Waals surface area contributed by atoms with Gasteiger partial charge in [-0.15, -0.1) is 0 Å². The van der Waals surface area contributed by atoms with Crippen molar-refractivity contribution in [1.29, 1.82) is 0 Å². The van der Waals surface area contributed by atoms with E-state index in [0.29, 0.717) is 11.8 Å². The summed E-state index contributed by atoms with van der Waals surface area (Å²) < 4.78 is 0. The van der Waals surface area contributed by atoms with E-state index in [1.807, 2.05) is 19.0 Å². The van der Waals surface area contributed by atoms with Crippen LogP contribution in [0.5, 0.6) is 0 Å². The largest absolute Gasteiger partial charge is 0.396 e. The second-order valence-electron chi connectivity index (χ2n) is 8.19. The van der Waals surface area contributed by atoms with Gasteiger partial charge in [-0.2, -0.15) is 4.98 Å². The van der Waals surface area contributed by atoms with Crippen LogP contribution in [0.15, 0.2) is 0 Å². The highest BCUT2D eigenvalue weighted by atomic mass is 16.3. The molecule has 1 aromatic rings. The summed E-state index contributed by atoms with van der Waals surface area (Å²) in [7, 11) is 8.28. The topological polar surface area (TPSA) is 55.7 Å². The third-order valence-electron chi connectivity index (χ3n) is 5.35. The number of hydrogen-bond donors (Lipinski definition) is 1. The zero-order chi connectivity index (χ0) is 18.0. The molecule has 1 saturated heterocycles. The number of aromatic nitrogens is 2. The summed E-state index contributed by atoms with van der Waals surface area (Å²) in [5.41, 5.74) is 2.58. The van der Waals surface area contributed by atoms with Crippen molar-refractivity contribution in [3.05, 3.63) is 11.3 Å². The fraction of sp³-hybridized carbons (Fsp3) is 0.789. The van der Waals surface area contributed by atoms with Gasteiger partial charge in [0.2, 0.25) is 5.95 Å². The molecule has 1 aliphatic heterocycles. The van der Waals surface area contributed by atoms with Gasteiger partial charge in [0.15, 0.2) is 0 Å². The molecule has 0 spiro atoms. The van der Waals surface area contributed by atoms with Gasteiger partial charge in [-0.1, -0.05) is 0 Å². The van der Waals surface area contributed by atoms with Crippen molar-refractivity contribution in [2.24, 2.45) is 11.8 Å². The van der Waals surface area contributed by atoms with Crippen molar-refractivity contribution in [3.63, 3.8) is 0 Å². The molecule has 3 rings (SSSR count). The molecule has 2 atom stereocenters. The molecular formula is C19H33N5O. The van der Waals surface area contributed by atoms with Gasteiger partial charge in [-0.3, -0.25) is 0 Å². The maximum Gasteiger partial charge on any atom is 0.227 e. The Bertz CT molecular complexity index is 589. The van der Waals surface area contributed by atoms with E-state index in [1.54, 1.807) is 0 Å². The maximum atomic E-state index is 9.81. The molecule has 1 fully saturated rings. The van der Waals surface area contributed by atoms with E-state index in [1.165, 1.54) is 24.1 Å². The number of fused-ring (bicyclic) bond motifs is 1. The summed E-state index contributed by atoms with van der Waals surface area (Å²) in [5.74, 6) is 2.83. The Morgan fingerprint density at radius 2 is 1.76 bits per heavy atom. The van der Waals surface area contributed by atoms with Crippen LogP contribution in [0.25, 0.3) is 0 Å². The average molecular weight is 348 g/mol. The average Bonchev–Trinajstić information content (AvgIpc) is 2.59. The molecule has 1 aliphatic carbocycles. The lowest BCUT2D eigenvalue weighted by molar-refractivity contribution is 0.170. The zero-order valence-electron chi connectivity index (χ0n) is 16.2. The highest BCUT2D eigenvalue weighted by Gasteiger charge is 2.31. The predicted octanol–water partition coefficient (Wildman–Crippen LogP) is 1.42. The van der Waals surface area contributed by atoms with Gasteiger partial charge in [0.05, 0.1) is 5.69 Å². The fourth-order valence-corrected chi connectivity index (χ4v) is 4.30. The first-order valence-electron chi connectivity index (χ1n) is 9.55. The van der Waals surface area contributed by atoms with Gasteiger partial charge >= 0.3 is 0 Å². The number of rotatable bonds is 5. The van der Waals surface area contributed by atoms with E-state index in [4.69, 9.17) is 9.97 Å². The van der Waals surface area contributed by atoms with Crippen LogP contribution in [0.3, 0.4) is 0 Å². The smallest absolute Gasteiger partial charge is 0.227 e. The third kappa shape index (κ3) is 4.23. The van der Waals surface area contributed by atoms with Gasteiger partial charge in [0.1, 0.15) is 5.82 Å². The second kappa shape index (κ2) is 7.87. The van der Waals surface area contributed by atoms with Crippen molar-refractivity contribution in [3.8, 4) is 0 Å². The lowest BCUT2D eigenvalue weighted by Gasteiger charge is -2.40. The van der Waals surface area contributed by atoms with Crippen molar-refractivity contribution >= 4 is 11.8 Å². The first-order valence-corrected chi connectivity index (χ1v) is 9.55. The number of aliphatic hydroxyl groups is 1. The van der Waals surface area contributed by atoms with Crippen LogP contribution in [0.1, 0.15) is 30.5 Å². The van der Waals surface area contributed by atoms with Crippen molar-refractivity contribution in [2.45, 2.75) is 32.1 Å². The Balaban J connectivity index is 1.94. The molecule has 0 amide bonds. The number of anilines is 2. The summed E-state index contributed by atoms with van der Waals surface area (Å²) in [6.45, 7) is 3.23. The molecule has 2 heterocycles. The van der Waals surface area contributed by atoms with Gasteiger partial charge in [0.25, 0.3) is 0 Å². The van der Waals surface area contributed by atoms with Crippen LogP contribution in [0.4, 0.5) is 11.8 Å². The molecule has 2 aliphatic rings. The van der Waals surface area contributed by atoms with E-state index in [2.05, 4.69) is 23.9 Å². The van der Waals surface area contributed by atoms with Crippen LogP contribution in [0.2, 0.25) is 0 Å². The van der Waals surface area contributed by atoms with Gasteiger partial charge < -0.3 is 19.8 Å². The number of aliphatic hydroxyl groups excluding tert-OH is 1. The number of aryl methyl sites for hydroxylation is 1. The molecule has 6 nitrogen and oxygen atoms in total. The molecule has 0 aromatic carbocycles. The number of piperidine rings is 1. The molecule has 140 valence electrons. The minimum Gasteiger partial charge on any atom is -0.396 e. The first kappa shape index (κ1) is 18.4. The molecule has 1 aromatic heterocycles. The molecule has 0 radical (unpaired) electrons. The molecule has 6 heteroatoms. The maximum absolute atomic E-state index is 9.81. The van der Waals surface area contributed by atoms with Crippen molar-refractivity contribution < 1.29 is 5.11 Å². The summed E-state index contributed by atoms with van der Waals surface area (Å²) in [5, 5.41) is 9.81. The SMILES string of the molecule is CN(C)CC1CC(CO)CN(c2nc(N(C)C)nc3c2CCCC3)C1. The number of hydrogen-bond acceptors (Lipinski definition) is 6. The lowest BCUT2D eigenvalue weighted by Crippen LogP contribution is -2.45. The van der Waals surface area contributed by atoms with Gasteiger partial charge in [-0.25, -0.2) is 4.98 Å². The molecule has 2 unspecified atom stereocenters. The molecular weight excluding hydrogens is 314 g/mol. The van der Waals surface area contributed by atoms with E-state index < -0.39 is 0 Å². The predicted molar refractivity (Wildman–Crippen MR) is 102 cm³/mol. The van der Waals surface area contributed by atoms with E-state index in [9.17, 15) is 5.11 Å². The minimum absolute atomic E-state index is 0.258. The number of nitrogens with zero attached hydrogens (tertiary/aromatic N) is 5. The minimum atomic E-state index is 0.258. The van der Waals surface area contributed by atoms with Crippen LogP contribution in [-0.2, 0) is 12.8 Å². The van der Waals surface area contributed by atoms with Crippen molar-refractivity contribution in [1.82, 2.24) is 14.9 Å². The normalized spacial score (nSPS) is 23.7. The zero-order valence-corrected chi connectivity index (χ0v) is 16.2. The molecule has 25 heavy (non-hydrogen) atoms. The summed E-state index contributed by atoms with van der Waals surface area (Å²) in [6.07, 6.45) is 5.68. The Morgan fingerprint density at radius 1 is 1.04 bits per heavy atom. The van der Waals surface area contributed by atoms with Crippen LogP contribution in [-0.4, -0.2) is 74.4 Å². The van der Waals surface area contributed by atoms with Crippen LogP contribution >= 0.6 is 0 Å². The fourth-order valence-electron chi connectivity index (χ4n) is 4.30. The van der Waals surface area contributed by atoms with E-state index in [-0.39, 0.29) is 6.61 Å². The molecule has 0 bridgehead atoms. The van der Waals surface area contributed by atoms with E-state index in [0.717, 1.165) is 50.7 Å². The molecule has 0 saturated carbocycles. The Kier molecular flexibility index (Phi) is 5.79. The summed E-state index contributed by atoms with van der Waals surface area (Å²) >= 11 is 0. The summed E-state index contributed by atoms with van der Waals surface area (Å²) in [6, 6.07) is 0. The lowest BCUT2D eigenvalue weighted by atomic mass is 9.88.